The van der Waals surface area contributed by atoms with Crippen LogP contribution in [0.1, 0.15) is 65.4 Å². The summed E-state index contributed by atoms with van der Waals surface area (Å²) in [5.41, 5.74) is 1.25. The summed E-state index contributed by atoms with van der Waals surface area (Å²) in [6.45, 7) is 7.88. The summed E-state index contributed by atoms with van der Waals surface area (Å²) in [5, 5.41) is 3.54. The molecule has 0 radical (unpaired) electrons. The Balaban J connectivity index is 1.39. The highest BCUT2D eigenvalue weighted by Gasteiger charge is 2.56. The number of alkyl halides is 1. The summed E-state index contributed by atoms with van der Waals surface area (Å²) in [7, 11) is -3.35. The predicted octanol–water partition coefficient (Wildman–Crippen LogP) is 4.58. The maximum absolute atomic E-state index is 12.8. The van der Waals surface area contributed by atoms with Crippen LogP contribution in [0.4, 0.5) is 5.82 Å². The van der Waals surface area contributed by atoms with E-state index in [9.17, 15) is 4.57 Å². The summed E-state index contributed by atoms with van der Waals surface area (Å²) < 4.78 is 50.0. The fourth-order valence-electron chi connectivity index (χ4n) is 5.37. The number of anilines is 1. The number of rotatable bonds is 12. The molecule has 5 rings (SSSR count). The summed E-state index contributed by atoms with van der Waals surface area (Å²) in [6.07, 6.45) is 4.16. The molecule has 0 spiro atoms. The van der Waals surface area contributed by atoms with E-state index in [2.05, 4.69) is 20.3 Å². The Morgan fingerprint density at radius 1 is 1.16 bits per heavy atom. The molecule has 2 saturated heterocycles. The molecule has 1 saturated carbocycles. The molecule has 0 aromatic carbocycles. The Morgan fingerprint density at radius 2 is 1.87 bits per heavy atom. The second-order valence-electron chi connectivity index (χ2n) is 10.1. The van der Waals surface area contributed by atoms with Crippen molar-refractivity contribution < 1.29 is 32.6 Å². The zero-order chi connectivity index (χ0) is 26.9. The second kappa shape index (κ2) is 11.6. The van der Waals surface area contributed by atoms with Gasteiger partial charge in [-0.1, -0.05) is 12.8 Å². The fourth-order valence-corrected chi connectivity index (χ4v) is 6.83. The lowest BCUT2D eigenvalue weighted by Gasteiger charge is -2.25. The molecule has 38 heavy (non-hydrogen) atoms. The van der Waals surface area contributed by atoms with Crippen molar-refractivity contribution >= 4 is 36.2 Å². The van der Waals surface area contributed by atoms with Gasteiger partial charge in [-0.15, -0.1) is 11.6 Å². The van der Waals surface area contributed by atoms with E-state index >= 15 is 0 Å². The average molecular weight is 574 g/mol. The molecule has 2 aromatic rings. The number of fused-ring (bicyclic) bond motifs is 2. The molecule has 3 aliphatic rings. The van der Waals surface area contributed by atoms with Crippen LogP contribution >= 0.6 is 19.2 Å². The molecule has 2 aliphatic heterocycles. The third kappa shape index (κ3) is 5.88. The van der Waals surface area contributed by atoms with Gasteiger partial charge in [-0.2, -0.15) is 0 Å². The lowest BCUT2D eigenvalue weighted by atomic mass is 10.1. The first-order chi connectivity index (χ1) is 18.3. The van der Waals surface area contributed by atoms with Crippen LogP contribution in [0.25, 0.3) is 11.2 Å². The van der Waals surface area contributed by atoms with Crippen LogP contribution in [0.3, 0.4) is 0 Å². The Bertz CT molecular complexity index is 1150. The van der Waals surface area contributed by atoms with Crippen molar-refractivity contribution in [1.29, 1.82) is 0 Å². The molecule has 0 amide bonds. The SMILES string of the molecule is CCOP(=O)(COC[C@H]1O[C@@H](n2cnc3c(NC4CCCC4)nc(CCl)nc32)[C@@H]2OC(C)(C)O[C@@H]21)OCC. The summed E-state index contributed by atoms with van der Waals surface area (Å²) in [4.78, 5) is 14.0. The van der Waals surface area contributed by atoms with Crippen LogP contribution in [0.2, 0.25) is 0 Å². The molecule has 1 N–H and O–H groups in total. The van der Waals surface area contributed by atoms with E-state index in [0.717, 1.165) is 12.8 Å². The Kier molecular flexibility index (Phi) is 8.62. The third-order valence-corrected chi connectivity index (χ3v) is 8.91. The first-order valence-corrected chi connectivity index (χ1v) is 15.5. The topological polar surface area (TPSA) is 128 Å². The van der Waals surface area contributed by atoms with Crippen LogP contribution in [-0.2, 0) is 38.4 Å². The minimum absolute atomic E-state index is 0.115. The number of nitrogens with one attached hydrogen (secondary N) is 1. The smallest absolute Gasteiger partial charge is 0.356 e. The van der Waals surface area contributed by atoms with E-state index in [1.165, 1.54) is 12.8 Å². The zero-order valence-corrected chi connectivity index (χ0v) is 24.0. The van der Waals surface area contributed by atoms with Crippen molar-refractivity contribution in [2.75, 3.05) is 31.5 Å². The van der Waals surface area contributed by atoms with E-state index in [0.29, 0.717) is 28.8 Å². The minimum atomic E-state index is -3.35. The predicted molar refractivity (Wildman–Crippen MR) is 140 cm³/mol. The summed E-state index contributed by atoms with van der Waals surface area (Å²) in [6, 6.07) is 0.354. The molecule has 4 atom stereocenters. The molecule has 12 nitrogen and oxygen atoms in total. The minimum Gasteiger partial charge on any atom is -0.366 e. The van der Waals surface area contributed by atoms with Gasteiger partial charge in [-0.3, -0.25) is 9.13 Å². The first-order valence-electron chi connectivity index (χ1n) is 13.3. The average Bonchev–Trinajstić information content (AvgIpc) is 3.64. The third-order valence-electron chi connectivity index (χ3n) is 6.87. The van der Waals surface area contributed by atoms with Crippen LogP contribution in [0, 0.1) is 0 Å². The van der Waals surface area contributed by atoms with Crippen LogP contribution in [-0.4, -0.2) is 75.8 Å². The molecule has 212 valence electrons. The molecule has 3 fully saturated rings. The zero-order valence-electron chi connectivity index (χ0n) is 22.3. The number of hydrogen-bond donors (Lipinski definition) is 1. The number of hydrogen-bond acceptors (Lipinski definition) is 11. The molecule has 2 aromatic heterocycles. The highest BCUT2D eigenvalue weighted by molar-refractivity contribution is 7.53. The van der Waals surface area contributed by atoms with Crippen molar-refractivity contribution in [2.24, 2.45) is 0 Å². The molecule has 14 heteroatoms. The van der Waals surface area contributed by atoms with E-state index in [1.807, 2.05) is 18.4 Å². The van der Waals surface area contributed by atoms with Gasteiger partial charge in [0.1, 0.15) is 30.5 Å². The van der Waals surface area contributed by atoms with Crippen molar-refractivity contribution in [3.63, 3.8) is 0 Å². The van der Waals surface area contributed by atoms with Gasteiger partial charge in [-0.05, 0) is 40.5 Å². The maximum Gasteiger partial charge on any atom is 0.356 e. The summed E-state index contributed by atoms with van der Waals surface area (Å²) >= 11 is 6.17. The van der Waals surface area contributed by atoms with Crippen LogP contribution < -0.4 is 5.32 Å². The lowest BCUT2D eigenvalue weighted by molar-refractivity contribution is -0.201. The van der Waals surface area contributed by atoms with Crippen molar-refractivity contribution in [3.8, 4) is 0 Å². The van der Waals surface area contributed by atoms with E-state index < -0.39 is 37.9 Å². The van der Waals surface area contributed by atoms with Gasteiger partial charge >= 0.3 is 7.60 Å². The normalized spacial score (nSPS) is 27.4. The Hall–Kier alpha value is -1.37. The molecule has 4 heterocycles. The van der Waals surface area contributed by atoms with Crippen molar-refractivity contribution in [1.82, 2.24) is 19.5 Å². The molecule has 0 unspecified atom stereocenters. The number of nitrogens with zero attached hydrogens (tertiary/aromatic N) is 4. The number of aromatic nitrogens is 4. The van der Waals surface area contributed by atoms with Gasteiger partial charge in [0.15, 0.2) is 29.0 Å². The van der Waals surface area contributed by atoms with Gasteiger partial charge in [0.25, 0.3) is 0 Å². The van der Waals surface area contributed by atoms with Gasteiger partial charge in [0.2, 0.25) is 0 Å². The largest absolute Gasteiger partial charge is 0.366 e. The Labute approximate surface area is 227 Å². The first kappa shape index (κ1) is 28.2. The monoisotopic (exact) mass is 573 g/mol. The second-order valence-corrected chi connectivity index (χ2v) is 12.4. The number of imidazole rings is 1. The molecular weight excluding hydrogens is 537 g/mol. The highest BCUT2D eigenvalue weighted by atomic mass is 35.5. The highest BCUT2D eigenvalue weighted by Crippen LogP contribution is 2.49. The van der Waals surface area contributed by atoms with Gasteiger partial charge in [0, 0.05) is 6.04 Å². The molecule has 1 aliphatic carbocycles. The van der Waals surface area contributed by atoms with Crippen molar-refractivity contribution in [3.05, 3.63) is 12.2 Å². The van der Waals surface area contributed by atoms with E-state index in [1.54, 1.807) is 20.2 Å². The summed E-state index contributed by atoms with van der Waals surface area (Å²) in [5.74, 6) is 0.532. The van der Waals surface area contributed by atoms with Crippen LogP contribution in [0.5, 0.6) is 0 Å². The quantitative estimate of drug-likeness (QED) is 0.283. The van der Waals surface area contributed by atoms with Crippen LogP contribution in [0.15, 0.2) is 6.33 Å². The maximum atomic E-state index is 12.8. The lowest BCUT2D eigenvalue weighted by Crippen LogP contribution is -2.33. The Morgan fingerprint density at radius 3 is 2.55 bits per heavy atom. The molecule has 0 bridgehead atoms. The number of ether oxygens (including phenoxy) is 4. The molecular formula is C24H37ClN5O7P. The fraction of sp³-hybridized carbons (Fsp3) is 0.792. The standard InChI is InChI=1S/C24H37ClN5O7P/c1-5-33-38(31,34-6-2)14-32-12-16-19-20(37-24(3,4)36-19)23(35-16)30-13-26-18-21(27-15-9-7-8-10-15)28-17(11-25)29-22(18)30/h13,15-16,19-20,23H,5-12,14H2,1-4H3,(H,27,28,29)/t16-,19-,20-,23-/m1/s1. The van der Waals surface area contributed by atoms with E-state index in [-0.39, 0.29) is 32.0 Å². The van der Waals surface area contributed by atoms with E-state index in [4.69, 9.17) is 39.6 Å². The van der Waals surface area contributed by atoms with Gasteiger partial charge in [0.05, 0.1) is 32.0 Å². The number of halogens is 1. The van der Waals surface area contributed by atoms with Gasteiger partial charge < -0.3 is 33.3 Å². The van der Waals surface area contributed by atoms with Gasteiger partial charge in [-0.25, -0.2) is 15.0 Å². The van der Waals surface area contributed by atoms with Crippen molar-refractivity contribution in [2.45, 2.75) is 95.6 Å².